The standard InChI is InChI=1S/C10H13NO2/c1-10(2,13)11-9-5-3-8(7-12)4-6-9/h3-7,11,13H,1-2H3. The predicted molar refractivity (Wildman–Crippen MR) is 51.8 cm³/mol. The average molecular weight is 179 g/mol. The summed E-state index contributed by atoms with van der Waals surface area (Å²) in [5.41, 5.74) is 0.474. The van der Waals surface area contributed by atoms with Gasteiger partial charge in [-0.1, -0.05) is 0 Å². The van der Waals surface area contributed by atoms with Gasteiger partial charge in [0, 0.05) is 11.3 Å². The van der Waals surface area contributed by atoms with E-state index in [0.29, 0.717) is 5.56 Å². The lowest BCUT2D eigenvalue weighted by Gasteiger charge is -2.20. The highest BCUT2D eigenvalue weighted by atomic mass is 16.3. The Bertz CT molecular complexity index is 285. The topological polar surface area (TPSA) is 49.3 Å². The maximum Gasteiger partial charge on any atom is 0.150 e. The molecule has 3 heteroatoms. The molecule has 0 amide bonds. The van der Waals surface area contributed by atoms with E-state index in [1.807, 2.05) is 0 Å². The number of benzene rings is 1. The minimum Gasteiger partial charge on any atom is -0.372 e. The Hall–Kier alpha value is -1.35. The minimum atomic E-state index is -0.942. The molecule has 13 heavy (non-hydrogen) atoms. The van der Waals surface area contributed by atoms with Crippen molar-refractivity contribution < 1.29 is 9.90 Å². The molecule has 1 aromatic carbocycles. The van der Waals surface area contributed by atoms with Crippen LogP contribution in [-0.4, -0.2) is 17.1 Å². The van der Waals surface area contributed by atoms with E-state index in [1.54, 1.807) is 38.1 Å². The second-order valence-electron chi connectivity index (χ2n) is 3.42. The summed E-state index contributed by atoms with van der Waals surface area (Å²) < 4.78 is 0. The van der Waals surface area contributed by atoms with Gasteiger partial charge < -0.3 is 10.4 Å². The van der Waals surface area contributed by atoms with E-state index in [-0.39, 0.29) is 0 Å². The van der Waals surface area contributed by atoms with Crippen LogP contribution in [0.2, 0.25) is 0 Å². The zero-order chi connectivity index (χ0) is 9.90. The normalized spacial score (nSPS) is 11.0. The van der Waals surface area contributed by atoms with Crippen molar-refractivity contribution in [3.8, 4) is 0 Å². The van der Waals surface area contributed by atoms with Crippen LogP contribution in [0.5, 0.6) is 0 Å². The third-order valence-corrected chi connectivity index (χ3v) is 1.50. The molecule has 0 aromatic heterocycles. The van der Waals surface area contributed by atoms with Crippen molar-refractivity contribution >= 4 is 12.0 Å². The number of anilines is 1. The molecule has 2 N–H and O–H groups in total. The summed E-state index contributed by atoms with van der Waals surface area (Å²) in [6, 6.07) is 6.89. The number of carbonyl (C=O) groups is 1. The Morgan fingerprint density at radius 2 is 1.85 bits per heavy atom. The highest BCUT2D eigenvalue weighted by molar-refractivity contribution is 5.75. The monoisotopic (exact) mass is 179 g/mol. The second kappa shape index (κ2) is 3.58. The molecule has 70 valence electrons. The number of rotatable bonds is 3. The first kappa shape index (κ1) is 9.74. The fourth-order valence-electron chi connectivity index (χ4n) is 0.998. The maximum atomic E-state index is 10.3. The minimum absolute atomic E-state index is 0.626. The van der Waals surface area contributed by atoms with Crippen LogP contribution in [0.25, 0.3) is 0 Å². The SMILES string of the molecule is CC(C)(O)Nc1ccc(C=O)cc1. The quantitative estimate of drug-likeness (QED) is 0.547. The molecule has 0 aliphatic carbocycles. The summed E-state index contributed by atoms with van der Waals surface area (Å²) in [4.78, 5) is 10.3. The van der Waals surface area contributed by atoms with Gasteiger partial charge in [-0.25, -0.2) is 0 Å². The van der Waals surface area contributed by atoms with Gasteiger partial charge in [0.15, 0.2) is 0 Å². The van der Waals surface area contributed by atoms with E-state index in [9.17, 15) is 9.90 Å². The van der Waals surface area contributed by atoms with Crippen LogP contribution >= 0.6 is 0 Å². The van der Waals surface area contributed by atoms with Gasteiger partial charge in [-0.15, -0.1) is 0 Å². The molecule has 3 nitrogen and oxygen atoms in total. The van der Waals surface area contributed by atoms with Crippen LogP contribution in [0, 0.1) is 0 Å². The van der Waals surface area contributed by atoms with Gasteiger partial charge in [0.05, 0.1) is 0 Å². The number of carbonyl (C=O) groups excluding carboxylic acids is 1. The Kier molecular flexibility index (Phi) is 2.68. The highest BCUT2D eigenvalue weighted by Crippen LogP contribution is 2.12. The smallest absolute Gasteiger partial charge is 0.150 e. The van der Waals surface area contributed by atoms with Gasteiger partial charge in [-0.3, -0.25) is 4.79 Å². The fourth-order valence-corrected chi connectivity index (χ4v) is 0.998. The molecule has 0 radical (unpaired) electrons. The lowest BCUT2D eigenvalue weighted by atomic mass is 10.2. The fraction of sp³-hybridized carbons (Fsp3) is 0.300. The highest BCUT2D eigenvalue weighted by Gasteiger charge is 2.10. The number of hydrogen-bond acceptors (Lipinski definition) is 3. The molecule has 0 aliphatic rings. The van der Waals surface area contributed by atoms with Crippen molar-refractivity contribution in [2.24, 2.45) is 0 Å². The molecule has 1 aromatic rings. The molecule has 0 spiro atoms. The number of aliphatic hydroxyl groups is 1. The van der Waals surface area contributed by atoms with Gasteiger partial charge >= 0.3 is 0 Å². The Labute approximate surface area is 77.4 Å². The number of nitrogens with one attached hydrogen (secondary N) is 1. The molecule has 0 unspecified atom stereocenters. The second-order valence-corrected chi connectivity index (χ2v) is 3.42. The molecule has 0 heterocycles. The van der Waals surface area contributed by atoms with E-state index < -0.39 is 5.72 Å². The zero-order valence-corrected chi connectivity index (χ0v) is 7.74. The molecule has 0 fully saturated rings. The van der Waals surface area contributed by atoms with Gasteiger partial charge in [0.1, 0.15) is 12.0 Å². The maximum absolute atomic E-state index is 10.3. The Morgan fingerprint density at radius 1 is 1.31 bits per heavy atom. The summed E-state index contributed by atoms with van der Waals surface area (Å²) in [6.45, 7) is 3.31. The summed E-state index contributed by atoms with van der Waals surface area (Å²) in [6.07, 6.45) is 0.786. The first-order chi connectivity index (χ1) is 6.01. The van der Waals surface area contributed by atoms with Crippen molar-refractivity contribution in [3.05, 3.63) is 29.8 Å². The van der Waals surface area contributed by atoms with Gasteiger partial charge in [-0.05, 0) is 38.1 Å². The third kappa shape index (κ3) is 3.25. The molecule has 0 bridgehead atoms. The Balaban J connectivity index is 2.75. The summed E-state index contributed by atoms with van der Waals surface area (Å²) in [5, 5.41) is 12.3. The van der Waals surface area contributed by atoms with Crippen LogP contribution in [0.3, 0.4) is 0 Å². The summed E-state index contributed by atoms with van der Waals surface area (Å²) >= 11 is 0. The lowest BCUT2D eigenvalue weighted by molar-refractivity contribution is 0.111. The molecule has 0 atom stereocenters. The van der Waals surface area contributed by atoms with E-state index in [1.165, 1.54) is 0 Å². The van der Waals surface area contributed by atoms with E-state index >= 15 is 0 Å². The molecule has 0 saturated carbocycles. The molecule has 0 saturated heterocycles. The summed E-state index contributed by atoms with van der Waals surface area (Å²) in [7, 11) is 0. The number of hydrogen-bond donors (Lipinski definition) is 2. The van der Waals surface area contributed by atoms with Gasteiger partial charge in [0.25, 0.3) is 0 Å². The zero-order valence-electron chi connectivity index (χ0n) is 7.74. The van der Waals surface area contributed by atoms with Crippen LogP contribution < -0.4 is 5.32 Å². The van der Waals surface area contributed by atoms with Crippen LogP contribution in [0.4, 0.5) is 5.69 Å². The Morgan fingerprint density at radius 3 is 2.23 bits per heavy atom. The van der Waals surface area contributed by atoms with E-state index in [2.05, 4.69) is 5.32 Å². The molecule has 1 rings (SSSR count). The number of aldehydes is 1. The molecule has 0 aliphatic heterocycles. The average Bonchev–Trinajstić information content (AvgIpc) is 2.03. The largest absolute Gasteiger partial charge is 0.372 e. The van der Waals surface area contributed by atoms with E-state index in [0.717, 1.165) is 12.0 Å². The predicted octanol–water partition coefficient (Wildman–Crippen LogP) is 1.64. The van der Waals surface area contributed by atoms with Gasteiger partial charge in [0.2, 0.25) is 0 Å². The van der Waals surface area contributed by atoms with E-state index in [4.69, 9.17) is 0 Å². The van der Waals surface area contributed by atoms with Crippen molar-refractivity contribution in [1.29, 1.82) is 0 Å². The molecular formula is C10H13NO2. The van der Waals surface area contributed by atoms with Crippen molar-refractivity contribution in [2.45, 2.75) is 19.6 Å². The molecular weight excluding hydrogens is 166 g/mol. The first-order valence-corrected chi connectivity index (χ1v) is 4.07. The van der Waals surface area contributed by atoms with Crippen LogP contribution in [-0.2, 0) is 0 Å². The lowest BCUT2D eigenvalue weighted by Crippen LogP contribution is -2.29. The van der Waals surface area contributed by atoms with Crippen LogP contribution in [0.1, 0.15) is 24.2 Å². The first-order valence-electron chi connectivity index (χ1n) is 4.07. The van der Waals surface area contributed by atoms with Crippen molar-refractivity contribution in [2.75, 3.05) is 5.32 Å². The van der Waals surface area contributed by atoms with Crippen molar-refractivity contribution in [3.63, 3.8) is 0 Å². The summed E-state index contributed by atoms with van der Waals surface area (Å²) in [5.74, 6) is 0. The van der Waals surface area contributed by atoms with Crippen LogP contribution in [0.15, 0.2) is 24.3 Å². The third-order valence-electron chi connectivity index (χ3n) is 1.50. The van der Waals surface area contributed by atoms with Crippen molar-refractivity contribution in [1.82, 2.24) is 0 Å². The van der Waals surface area contributed by atoms with Gasteiger partial charge in [-0.2, -0.15) is 0 Å².